The summed E-state index contributed by atoms with van der Waals surface area (Å²) in [5.41, 5.74) is 4.92. The minimum absolute atomic E-state index is 0.0750. The minimum Gasteiger partial charge on any atom is -0.507 e. The van der Waals surface area contributed by atoms with Crippen molar-refractivity contribution in [3.63, 3.8) is 0 Å². The first-order valence-electron chi connectivity index (χ1n) is 14.9. The van der Waals surface area contributed by atoms with Crippen LogP contribution in [0.1, 0.15) is 74.9 Å². The van der Waals surface area contributed by atoms with E-state index in [1.165, 1.54) is 0 Å². The fourth-order valence-corrected chi connectivity index (χ4v) is 4.41. The van der Waals surface area contributed by atoms with Gasteiger partial charge in [-0.15, -0.1) is 0 Å². The highest BCUT2D eigenvalue weighted by atomic mass is 16.3. The van der Waals surface area contributed by atoms with E-state index < -0.39 is 0 Å². The number of aliphatic imine (C=N–C) groups is 4. The van der Waals surface area contributed by atoms with Gasteiger partial charge < -0.3 is 20.0 Å². The van der Waals surface area contributed by atoms with Gasteiger partial charge in [-0.3, -0.25) is 20.0 Å². The van der Waals surface area contributed by atoms with Gasteiger partial charge in [-0.1, -0.05) is 41.5 Å². The molecule has 0 saturated carbocycles. The Hall–Kier alpha value is -3.36. The lowest BCUT2D eigenvalue weighted by molar-refractivity contribution is 0.354. The van der Waals surface area contributed by atoms with Crippen LogP contribution in [0.5, 0.6) is 11.5 Å². The van der Waals surface area contributed by atoms with Crippen molar-refractivity contribution >= 4 is 24.9 Å². The Morgan fingerprint density at radius 2 is 0.738 bits per heavy atom. The summed E-state index contributed by atoms with van der Waals surface area (Å²) in [4.78, 5) is 22.8. The number of nitrogens with zero attached hydrogens (tertiary/aromatic N) is 6. The van der Waals surface area contributed by atoms with Gasteiger partial charge in [0.25, 0.3) is 0 Å². The topological polar surface area (TPSA) is 96.4 Å². The van der Waals surface area contributed by atoms with Crippen molar-refractivity contribution < 1.29 is 10.2 Å². The Kier molecular flexibility index (Phi) is 11.6. The third-order valence-corrected chi connectivity index (χ3v) is 7.43. The summed E-state index contributed by atoms with van der Waals surface area (Å²) in [6.45, 7) is 18.4. The summed E-state index contributed by atoms with van der Waals surface area (Å²) in [5.74, 6) is 0.410. The predicted molar refractivity (Wildman–Crippen MR) is 178 cm³/mol. The number of benzene rings is 2. The van der Waals surface area contributed by atoms with Crippen LogP contribution in [0.3, 0.4) is 0 Å². The van der Waals surface area contributed by atoms with Crippen molar-refractivity contribution in [2.75, 3.05) is 66.5 Å². The molecule has 0 aromatic heterocycles. The van der Waals surface area contributed by atoms with Gasteiger partial charge in [0, 0.05) is 73.3 Å². The largest absolute Gasteiger partial charge is 0.507 e. The summed E-state index contributed by atoms with van der Waals surface area (Å²) in [6.07, 6.45) is 7.07. The van der Waals surface area contributed by atoms with Crippen molar-refractivity contribution in [2.45, 2.75) is 52.4 Å². The van der Waals surface area contributed by atoms with E-state index in [4.69, 9.17) is 0 Å². The molecule has 1 aliphatic heterocycles. The van der Waals surface area contributed by atoms with Crippen LogP contribution in [-0.4, -0.2) is 111 Å². The Bertz CT molecular complexity index is 1130. The van der Waals surface area contributed by atoms with Crippen molar-refractivity contribution in [3.8, 4) is 11.5 Å². The molecule has 2 N–H and O–H groups in total. The zero-order valence-corrected chi connectivity index (χ0v) is 26.9. The van der Waals surface area contributed by atoms with Crippen LogP contribution in [0.4, 0.5) is 0 Å². The lowest BCUT2D eigenvalue weighted by atomic mass is 9.85. The van der Waals surface area contributed by atoms with Crippen LogP contribution in [0.15, 0.2) is 44.2 Å². The van der Waals surface area contributed by atoms with Crippen molar-refractivity contribution in [1.82, 2.24) is 9.80 Å². The molecule has 0 fully saturated rings. The van der Waals surface area contributed by atoms with E-state index in [2.05, 4.69) is 71.3 Å². The normalized spacial score (nSPS) is 17.3. The highest BCUT2D eigenvalue weighted by Crippen LogP contribution is 2.31. The number of phenols is 2. The number of likely N-dealkylation sites (N-methyl/N-ethyl adjacent to an activating group) is 2. The predicted octanol–water partition coefficient (Wildman–Crippen LogP) is 4.95. The lowest BCUT2D eigenvalue weighted by Gasteiger charge is -2.21. The molecule has 1 heterocycles. The zero-order valence-electron chi connectivity index (χ0n) is 26.9. The monoisotopic (exact) mass is 574 g/mol. The molecule has 0 atom stereocenters. The van der Waals surface area contributed by atoms with Gasteiger partial charge >= 0.3 is 0 Å². The third kappa shape index (κ3) is 9.88. The number of rotatable bonds is 0. The number of hydrogen-bond acceptors (Lipinski definition) is 8. The Balaban J connectivity index is 1.87. The van der Waals surface area contributed by atoms with Gasteiger partial charge in [0.05, 0.1) is 26.2 Å². The molecule has 0 spiro atoms. The minimum atomic E-state index is -0.0750. The molecule has 4 bridgehead atoms. The fourth-order valence-electron chi connectivity index (χ4n) is 4.41. The lowest BCUT2D eigenvalue weighted by Crippen LogP contribution is -2.24. The van der Waals surface area contributed by atoms with E-state index in [0.717, 1.165) is 37.3 Å². The smallest absolute Gasteiger partial charge is 0.133 e. The molecule has 1 aliphatic rings. The van der Waals surface area contributed by atoms with Crippen LogP contribution in [0.25, 0.3) is 0 Å². The van der Waals surface area contributed by atoms with Gasteiger partial charge in [0.1, 0.15) is 11.5 Å². The highest BCUT2D eigenvalue weighted by Gasteiger charge is 2.19. The number of hydrogen-bond donors (Lipinski definition) is 2. The molecule has 0 amide bonds. The van der Waals surface area contributed by atoms with Gasteiger partial charge in [-0.2, -0.15) is 0 Å². The van der Waals surface area contributed by atoms with Crippen molar-refractivity contribution in [2.24, 2.45) is 20.0 Å². The average molecular weight is 575 g/mol. The Morgan fingerprint density at radius 1 is 0.500 bits per heavy atom. The SMILES string of the molecule is CN1CCN=Cc2cc(C(C)(C)C)cc(c2O)C=NCCN(C)CCN=Cc2cc(C(C)(C)C)cc(c2O)C=NCC1. The maximum Gasteiger partial charge on any atom is 0.133 e. The molecule has 42 heavy (non-hydrogen) atoms. The van der Waals surface area contributed by atoms with Crippen LogP contribution in [-0.2, 0) is 10.8 Å². The van der Waals surface area contributed by atoms with E-state index in [1.807, 2.05) is 38.4 Å². The molecule has 2 aromatic carbocycles. The molecule has 0 unspecified atom stereocenters. The first kappa shape index (κ1) is 33.1. The molecule has 8 heteroatoms. The summed E-state index contributed by atoms with van der Waals surface area (Å²) >= 11 is 0. The van der Waals surface area contributed by atoms with E-state index in [-0.39, 0.29) is 22.3 Å². The first-order chi connectivity index (χ1) is 19.8. The van der Waals surface area contributed by atoms with Crippen LogP contribution < -0.4 is 0 Å². The van der Waals surface area contributed by atoms with E-state index in [9.17, 15) is 10.2 Å². The molecule has 228 valence electrons. The van der Waals surface area contributed by atoms with Crippen molar-refractivity contribution in [1.29, 1.82) is 0 Å². The van der Waals surface area contributed by atoms with Crippen LogP contribution in [0, 0.1) is 0 Å². The molecule has 0 radical (unpaired) electrons. The fraction of sp³-hybridized carbons (Fsp3) is 0.529. The Labute approximate surface area is 252 Å². The average Bonchev–Trinajstić information content (AvgIpc) is 2.90. The second kappa shape index (κ2) is 14.7. The van der Waals surface area contributed by atoms with Gasteiger partial charge in [-0.05, 0) is 60.3 Å². The molecule has 3 rings (SSSR count). The summed E-state index contributed by atoms with van der Waals surface area (Å²) in [5, 5.41) is 22.0. The van der Waals surface area contributed by atoms with Gasteiger partial charge in [0.2, 0.25) is 0 Å². The number of phenolic OH excluding ortho intramolecular Hbond substituents is 2. The standard InChI is InChI=1S/C34H50N6O2/c1-33(2,3)29-17-25-21-35-9-13-39(7)15-11-37-23-27-19-30(34(4,5)6)20-28(32(27)42)24-38-12-16-40(8)14-10-36-22-26(18-29)31(25)41/h17-24,41-42H,9-16H2,1-8H3. The van der Waals surface area contributed by atoms with Crippen molar-refractivity contribution in [3.05, 3.63) is 57.6 Å². The maximum absolute atomic E-state index is 11.0. The van der Waals surface area contributed by atoms with E-state index in [0.29, 0.717) is 48.4 Å². The molecule has 0 saturated heterocycles. The van der Waals surface area contributed by atoms with Gasteiger partial charge in [0.15, 0.2) is 0 Å². The van der Waals surface area contributed by atoms with E-state index in [1.54, 1.807) is 24.9 Å². The summed E-state index contributed by atoms with van der Waals surface area (Å²) in [6, 6.07) is 8.07. The number of aromatic hydroxyl groups is 2. The first-order valence-corrected chi connectivity index (χ1v) is 14.9. The van der Waals surface area contributed by atoms with Gasteiger partial charge in [-0.25, -0.2) is 0 Å². The second-order valence-electron chi connectivity index (χ2n) is 13.3. The maximum atomic E-state index is 11.0. The molecular formula is C34H50N6O2. The van der Waals surface area contributed by atoms with Crippen LogP contribution in [0.2, 0.25) is 0 Å². The molecular weight excluding hydrogens is 524 g/mol. The van der Waals surface area contributed by atoms with E-state index >= 15 is 0 Å². The zero-order chi connectivity index (χ0) is 30.9. The summed E-state index contributed by atoms with van der Waals surface area (Å²) in [7, 11) is 4.09. The Morgan fingerprint density at radius 3 is 0.952 bits per heavy atom. The van der Waals surface area contributed by atoms with Crippen LogP contribution >= 0.6 is 0 Å². The molecule has 2 aromatic rings. The molecule has 8 nitrogen and oxygen atoms in total. The highest BCUT2D eigenvalue weighted by molar-refractivity contribution is 5.93. The third-order valence-electron chi connectivity index (χ3n) is 7.43. The molecule has 0 aliphatic carbocycles. The summed E-state index contributed by atoms with van der Waals surface area (Å²) < 4.78 is 0. The number of fused-ring (bicyclic) bond motifs is 4. The quantitative estimate of drug-likeness (QED) is 0.466. The second-order valence-corrected chi connectivity index (χ2v) is 13.3.